The highest BCUT2D eigenvalue weighted by Crippen LogP contribution is 2.21. The van der Waals surface area contributed by atoms with Crippen LogP contribution in [0.5, 0.6) is 0 Å². The molecule has 14 heteroatoms. The normalized spacial score (nSPS) is 15.2. The highest BCUT2D eigenvalue weighted by molar-refractivity contribution is 8.00. The number of carbonyl (C=O) groups excluding carboxylic acids is 2. The fourth-order valence-electron chi connectivity index (χ4n) is 3.69. The number of hydrogen-bond acceptors (Lipinski definition) is 9. The molecule has 250 valence electrons. The lowest BCUT2D eigenvalue weighted by Gasteiger charge is -2.23. The molecular weight excluding hydrogens is 594 g/mol. The molecular formula is C30H49N3O10S. The van der Waals surface area contributed by atoms with Crippen LogP contribution in [0, 0.1) is 0 Å². The minimum atomic E-state index is -1.28. The molecule has 0 rings (SSSR count). The predicted octanol–water partition coefficient (Wildman–Crippen LogP) is 1.97. The number of aliphatic hydroxyl groups is 2. The quantitative estimate of drug-likeness (QED) is 0.0499. The molecule has 0 aliphatic carbocycles. The third-order valence-electron chi connectivity index (χ3n) is 6.25. The molecule has 0 saturated carbocycles. The van der Waals surface area contributed by atoms with Crippen molar-refractivity contribution in [2.75, 3.05) is 12.3 Å². The Morgan fingerprint density at radius 1 is 0.841 bits per heavy atom. The van der Waals surface area contributed by atoms with E-state index in [9.17, 15) is 34.2 Å². The Kier molecular flexibility index (Phi) is 23.3. The number of nitrogens with one attached hydrogen (secondary N) is 2. The number of thioether (sulfide) groups is 1. The number of amides is 2. The van der Waals surface area contributed by atoms with Crippen LogP contribution in [0.1, 0.15) is 77.6 Å². The van der Waals surface area contributed by atoms with Gasteiger partial charge in [-0.15, -0.1) is 11.8 Å². The van der Waals surface area contributed by atoms with Crippen LogP contribution >= 0.6 is 11.8 Å². The van der Waals surface area contributed by atoms with E-state index in [1.165, 1.54) is 6.08 Å². The van der Waals surface area contributed by atoms with Gasteiger partial charge in [0, 0.05) is 23.8 Å². The summed E-state index contributed by atoms with van der Waals surface area (Å²) < 4.78 is 0. The van der Waals surface area contributed by atoms with Gasteiger partial charge in [0.1, 0.15) is 18.6 Å². The van der Waals surface area contributed by atoms with E-state index in [0.717, 1.165) is 37.4 Å². The van der Waals surface area contributed by atoms with Crippen molar-refractivity contribution < 1.29 is 49.5 Å². The topological polar surface area (TPSA) is 237 Å². The first-order chi connectivity index (χ1) is 20.9. The highest BCUT2D eigenvalue weighted by atomic mass is 32.2. The Labute approximate surface area is 263 Å². The zero-order chi connectivity index (χ0) is 33.3. The van der Waals surface area contributed by atoms with Gasteiger partial charge in [-0.05, 0) is 44.9 Å². The Balaban J connectivity index is 5.54. The number of carboxylic acid groups (broad SMARTS) is 3. The van der Waals surface area contributed by atoms with Crippen LogP contribution in [-0.4, -0.2) is 97.1 Å². The first kappa shape index (κ1) is 40.8. The average Bonchev–Trinajstić information content (AvgIpc) is 2.96. The van der Waals surface area contributed by atoms with Gasteiger partial charge < -0.3 is 41.9 Å². The highest BCUT2D eigenvalue weighted by Gasteiger charge is 2.25. The van der Waals surface area contributed by atoms with Crippen molar-refractivity contribution in [2.24, 2.45) is 5.73 Å². The van der Waals surface area contributed by atoms with E-state index >= 15 is 0 Å². The average molecular weight is 644 g/mol. The molecule has 9 N–H and O–H groups in total. The lowest BCUT2D eigenvalue weighted by atomic mass is 10.1. The largest absolute Gasteiger partial charge is 0.481 e. The monoisotopic (exact) mass is 643 g/mol. The zero-order valence-corrected chi connectivity index (χ0v) is 26.1. The molecule has 0 saturated heterocycles. The maximum atomic E-state index is 12.7. The summed E-state index contributed by atoms with van der Waals surface area (Å²) in [6, 6.07) is -2.46. The Bertz CT molecular complexity index is 973. The standard InChI is InChI=1S/C30H49N3O10S/c1-2-3-4-5-6-10-13-24(35)25(17-15-21(34)12-9-7-8-11-14-27(37)38)44-20-23(29(41)32-19-28(39)40)33-26(36)18-16-22(31)30(42)43/h6-7,9-10,15,17,21-25,34-35H,2-5,8,11-14,16,18-20,31H2,1H3,(H,32,41)(H,33,36)(H,37,38)(H,39,40)(H,42,43)/b9-7+,10-6+,17-15+/t21?,22-,23-,24?,25?/m0/s1. The van der Waals surface area contributed by atoms with E-state index in [2.05, 4.69) is 17.6 Å². The third-order valence-corrected chi connectivity index (χ3v) is 7.63. The van der Waals surface area contributed by atoms with Crippen molar-refractivity contribution in [3.63, 3.8) is 0 Å². The number of nitrogens with two attached hydrogens (primary N) is 1. The van der Waals surface area contributed by atoms with Crippen LogP contribution < -0.4 is 16.4 Å². The van der Waals surface area contributed by atoms with Crippen molar-refractivity contribution >= 4 is 41.5 Å². The molecule has 44 heavy (non-hydrogen) atoms. The number of carboxylic acids is 3. The molecule has 3 unspecified atom stereocenters. The van der Waals surface area contributed by atoms with Crippen molar-refractivity contribution in [3.05, 3.63) is 36.5 Å². The van der Waals surface area contributed by atoms with E-state index in [-0.39, 0.29) is 31.4 Å². The van der Waals surface area contributed by atoms with Gasteiger partial charge >= 0.3 is 17.9 Å². The number of hydrogen-bond donors (Lipinski definition) is 8. The van der Waals surface area contributed by atoms with E-state index in [1.54, 1.807) is 18.2 Å². The maximum absolute atomic E-state index is 12.7. The lowest BCUT2D eigenvalue weighted by Crippen LogP contribution is -2.50. The van der Waals surface area contributed by atoms with Crippen LogP contribution in [-0.2, 0) is 24.0 Å². The van der Waals surface area contributed by atoms with Crippen LogP contribution in [0.2, 0.25) is 0 Å². The second-order valence-corrected chi connectivity index (χ2v) is 11.4. The summed E-state index contributed by atoms with van der Waals surface area (Å²) in [5.74, 6) is -4.90. The van der Waals surface area contributed by atoms with Gasteiger partial charge in [0.2, 0.25) is 11.8 Å². The van der Waals surface area contributed by atoms with Crippen LogP contribution in [0.15, 0.2) is 36.5 Å². The minimum Gasteiger partial charge on any atom is -0.481 e. The second-order valence-electron chi connectivity index (χ2n) is 10.2. The summed E-state index contributed by atoms with van der Waals surface area (Å²) >= 11 is 1.13. The van der Waals surface area contributed by atoms with Gasteiger partial charge in [-0.3, -0.25) is 24.0 Å². The minimum absolute atomic E-state index is 0.0578. The lowest BCUT2D eigenvalue weighted by molar-refractivity contribution is -0.139. The molecule has 2 amide bonds. The smallest absolute Gasteiger partial charge is 0.322 e. The van der Waals surface area contributed by atoms with Crippen LogP contribution in [0.25, 0.3) is 0 Å². The fraction of sp³-hybridized carbons (Fsp3) is 0.633. The van der Waals surface area contributed by atoms with Gasteiger partial charge in [-0.1, -0.05) is 56.2 Å². The Morgan fingerprint density at radius 2 is 1.50 bits per heavy atom. The second kappa shape index (κ2) is 25.2. The molecule has 0 heterocycles. The van der Waals surface area contributed by atoms with Crippen molar-refractivity contribution in [2.45, 2.75) is 107 Å². The molecule has 0 aliphatic rings. The van der Waals surface area contributed by atoms with Crippen molar-refractivity contribution in [1.29, 1.82) is 0 Å². The van der Waals surface area contributed by atoms with Gasteiger partial charge in [-0.2, -0.15) is 0 Å². The third kappa shape index (κ3) is 22.4. The number of aliphatic carboxylic acids is 3. The number of unbranched alkanes of at least 4 members (excludes halogenated alkanes) is 4. The van der Waals surface area contributed by atoms with Crippen molar-refractivity contribution in [1.82, 2.24) is 10.6 Å². The van der Waals surface area contributed by atoms with E-state index < -0.39 is 65.8 Å². The molecule has 0 bridgehead atoms. The molecule has 0 aromatic carbocycles. The van der Waals surface area contributed by atoms with Gasteiger partial charge in [0.25, 0.3) is 0 Å². The molecule has 0 radical (unpaired) electrons. The first-order valence-corrected chi connectivity index (χ1v) is 15.9. The zero-order valence-electron chi connectivity index (χ0n) is 25.3. The van der Waals surface area contributed by atoms with E-state index in [4.69, 9.17) is 21.1 Å². The predicted molar refractivity (Wildman–Crippen MR) is 168 cm³/mol. The molecule has 5 atom stereocenters. The van der Waals surface area contributed by atoms with E-state index in [1.807, 2.05) is 12.2 Å². The molecule has 13 nitrogen and oxygen atoms in total. The molecule has 0 spiro atoms. The van der Waals surface area contributed by atoms with Gasteiger partial charge in [0.05, 0.1) is 12.2 Å². The number of aliphatic hydroxyl groups excluding tert-OH is 2. The molecule has 0 aliphatic heterocycles. The Hall–Kier alpha value is -3.20. The summed E-state index contributed by atoms with van der Waals surface area (Å²) in [4.78, 5) is 57.7. The molecule has 0 aromatic rings. The fourth-order valence-corrected chi connectivity index (χ4v) is 4.87. The first-order valence-electron chi connectivity index (χ1n) is 14.8. The summed E-state index contributed by atoms with van der Waals surface area (Å²) in [5, 5.41) is 52.0. The van der Waals surface area contributed by atoms with Crippen molar-refractivity contribution in [3.8, 4) is 0 Å². The van der Waals surface area contributed by atoms with Gasteiger partial charge in [-0.25, -0.2) is 0 Å². The Morgan fingerprint density at radius 3 is 2.11 bits per heavy atom. The summed E-state index contributed by atoms with van der Waals surface area (Å²) in [6.07, 6.45) is 14.0. The summed E-state index contributed by atoms with van der Waals surface area (Å²) in [6.45, 7) is 1.43. The van der Waals surface area contributed by atoms with Gasteiger partial charge in [0.15, 0.2) is 0 Å². The molecule has 0 fully saturated rings. The van der Waals surface area contributed by atoms with E-state index in [0.29, 0.717) is 19.3 Å². The van der Waals surface area contributed by atoms with Crippen LogP contribution in [0.3, 0.4) is 0 Å². The molecule has 0 aromatic heterocycles. The summed E-state index contributed by atoms with van der Waals surface area (Å²) in [7, 11) is 0. The number of allylic oxidation sites excluding steroid dienone is 2. The maximum Gasteiger partial charge on any atom is 0.322 e. The van der Waals surface area contributed by atoms with Crippen LogP contribution in [0.4, 0.5) is 0 Å². The number of rotatable bonds is 26. The number of carbonyl (C=O) groups is 5. The SMILES string of the molecule is CCCCC/C=C/CC(O)C(/C=C/C(O)C/C=C/CCCC(=O)O)SC[C@H](NC(=O)CC[C@H](N)C(=O)O)C(=O)NCC(=O)O. The summed E-state index contributed by atoms with van der Waals surface area (Å²) in [5.41, 5.74) is 5.45.